The summed E-state index contributed by atoms with van der Waals surface area (Å²) >= 11 is 1.67. The van der Waals surface area contributed by atoms with Gasteiger partial charge in [-0.2, -0.15) is 16.9 Å². The number of thioether (sulfide) groups is 1. The van der Waals surface area contributed by atoms with E-state index in [0.717, 1.165) is 17.0 Å². The summed E-state index contributed by atoms with van der Waals surface area (Å²) in [6.45, 7) is 2.61. The number of hydrogen-bond acceptors (Lipinski definition) is 5. The van der Waals surface area contributed by atoms with Gasteiger partial charge in [-0.3, -0.25) is 0 Å². The van der Waals surface area contributed by atoms with Crippen LogP contribution in [-0.4, -0.2) is 49.8 Å². The van der Waals surface area contributed by atoms with Crippen LogP contribution in [-0.2, 0) is 4.79 Å². The third-order valence-electron chi connectivity index (χ3n) is 3.18. The average molecular weight is 278 g/mol. The van der Waals surface area contributed by atoms with Crippen LogP contribution >= 0.6 is 11.8 Å². The van der Waals surface area contributed by atoms with Crippen molar-refractivity contribution in [1.29, 1.82) is 0 Å². The molecule has 100 valence electrons. The number of hydrogen-bond donors (Lipinski definition) is 1. The molecule has 1 atom stereocenters. The normalized spacial score (nSPS) is 19.8. The smallest absolute Gasteiger partial charge is 0.327 e. The highest BCUT2D eigenvalue weighted by atomic mass is 32.2. The molecular formula is C12H14N4O2S. The molecule has 1 saturated heterocycles. The van der Waals surface area contributed by atoms with Crippen molar-refractivity contribution in [1.82, 2.24) is 14.6 Å². The second-order valence-corrected chi connectivity index (χ2v) is 5.64. The quantitative estimate of drug-likeness (QED) is 0.885. The Morgan fingerprint density at radius 1 is 1.58 bits per heavy atom. The van der Waals surface area contributed by atoms with Crippen LogP contribution in [0.15, 0.2) is 18.5 Å². The van der Waals surface area contributed by atoms with Crippen molar-refractivity contribution in [2.24, 2.45) is 0 Å². The minimum absolute atomic E-state index is 0.521. The van der Waals surface area contributed by atoms with E-state index in [1.165, 1.54) is 0 Å². The second kappa shape index (κ2) is 4.73. The maximum absolute atomic E-state index is 11.4. The summed E-state index contributed by atoms with van der Waals surface area (Å²) in [4.78, 5) is 17.6. The first kappa shape index (κ1) is 12.3. The van der Waals surface area contributed by atoms with Crippen molar-refractivity contribution in [3.63, 3.8) is 0 Å². The lowest BCUT2D eigenvalue weighted by atomic mass is 10.2. The number of aromatic nitrogens is 3. The van der Waals surface area contributed by atoms with Gasteiger partial charge in [0.05, 0.1) is 5.69 Å². The molecule has 6 nitrogen and oxygen atoms in total. The maximum Gasteiger partial charge on any atom is 0.327 e. The van der Waals surface area contributed by atoms with Crippen LogP contribution in [0.5, 0.6) is 0 Å². The van der Waals surface area contributed by atoms with Crippen LogP contribution in [0.3, 0.4) is 0 Å². The molecule has 1 aliphatic heterocycles. The number of carbonyl (C=O) groups is 1. The third-order valence-corrected chi connectivity index (χ3v) is 4.20. The number of carboxylic acid groups (broad SMARTS) is 1. The lowest BCUT2D eigenvalue weighted by Gasteiger charge is -2.33. The lowest BCUT2D eigenvalue weighted by Crippen LogP contribution is -2.48. The minimum atomic E-state index is -0.799. The first-order valence-corrected chi connectivity index (χ1v) is 7.20. The first-order valence-electron chi connectivity index (χ1n) is 6.05. The van der Waals surface area contributed by atoms with Crippen LogP contribution in [0, 0.1) is 6.92 Å². The molecule has 0 aliphatic carbocycles. The zero-order chi connectivity index (χ0) is 13.4. The zero-order valence-electron chi connectivity index (χ0n) is 10.5. The standard InChI is InChI=1S/C12H14N4O2S/c1-8-6-9-11(13-2-3-16(9)14-8)15-4-5-19-7-10(15)12(17)18/h2-3,6,10H,4-5,7H2,1H3,(H,17,18). The van der Waals surface area contributed by atoms with Gasteiger partial charge in [0.2, 0.25) is 0 Å². The van der Waals surface area contributed by atoms with Crippen molar-refractivity contribution < 1.29 is 9.90 Å². The molecule has 3 heterocycles. The van der Waals surface area contributed by atoms with Gasteiger partial charge in [-0.05, 0) is 13.0 Å². The molecule has 1 fully saturated rings. The molecule has 0 bridgehead atoms. The van der Waals surface area contributed by atoms with E-state index in [2.05, 4.69) is 10.1 Å². The SMILES string of the molecule is Cc1cc2c(N3CCSCC3C(=O)O)nccn2n1. The fraction of sp³-hybridized carbons (Fsp3) is 0.417. The zero-order valence-corrected chi connectivity index (χ0v) is 11.3. The molecule has 0 amide bonds. The van der Waals surface area contributed by atoms with E-state index in [-0.39, 0.29) is 0 Å². The van der Waals surface area contributed by atoms with Gasteiger partial charge in [0.25, 0.3) is 0 Å². The van der Waals surface area contributed by atoms with Crippen molar-refractivity contribution in [3.8, 4) is 0 Å². The maximum atomic E-state index is 11.4. The van der Waals surface area contributed by atoms with Crippen LogP contribution in [0.2, 0.25) is 0 Å². The summed E-state index contributed by atoms with van der Waals surface area (Å²) in [6.07, 6.45) is 3.44. The van der Waals surface area contributed by atoms with E-state index in [0.29, 0.717) is 18.1 Å². The Kier molecular flexibility index (Phi) is 3.06. The highest BCUT2D eigenvalue weighted by Gasteiger charge is 2.31. The van der Waals surface area contributed by atoms with Crippen LogP contribution < -0.4 is 4.90 Å². The van der Waals surface area contributed by atoms with E-state index in [1.54, 1.807) is 28.7 Å². The minimum Gasteiger partial charge on any atom is -0.480 e. The van der Waals surface area contributed by atoms with Gasteiger partial charge in [-0.25, -0.2) is 14.3 Å². The van der Waals surface area contributed by atoms with Crippen LogP contribution in [0.1, 0.15) is 5.69 Å². The molecule has 2 aromatic heterocycles. The molecule has 0 spiro atoms. The fourth-order valence-electron chi connectivity index (χ4n) is 2.31. The topological polar surface area (TPSA) is 70.7 Å². The predicted molar refractivity (Wildman–Crippen MR) is 73.8 cm³/mol. The Morgan fingerprint density at radius 3 is 3.21 bits per heavy atom. The van der Waals surface area contributed by atoms with Gasteiger partial charge < -0.3 is 10.0 Å². The molecule has 1 aliphatic rings. The third kappa shape index (κ3) is 2.14. The predicted octanol–water partition coefficient (Wildman–Crippen LogP) is 1.04. The molecule has 0 aromatic carbocycles. The Morgan fingerprint density at radius 2 is 2.42 bits per heavy atom. The average Bonchev–Trinajstić information content (AvgIpc) is 2.78. The molecule has 3 rings (SSSR count). The van der Waals surface area contributed by atoms with E-state index in [9.17, 15) is 9.90 Å². The number of aryl methyl sites for hydroxylation is 1. The highest BCUT2D eigenvalue weighted by Crippen LogP contribution is 2.26. The van der Waals surface area contributed by atoms with Gasteiger partial charge in [-0.1, -0.05) is 0 Å². The molecule has 0 radical (unpaired) electrons. The molecule has 7 heteroatoms. The number of fused-ring (bicyclic) bond motifs is 1. The summed E-state index contributed by atoms with van der Waals surface area (Å²) in [5, 5.41) is 13.7. The number of nitrogens with zero attached hydrogens (tertiary/aromatic N) is 4. The van der Waals surface area contributed by atoms with Gasteiger partial charge in [0, 0.05) is 30.4 Å². The molecule has 1 N–H and O–H groups in total. The summed E-state index contributed by atoms with van der Waals surface area (Å²) in [5.74, 6) is 1.41. The fourth-order valence-corrected chi connectivity index (χ4v) is 3.35. The van der Waals surface area contributed by atoms with Crippen molar-refractivity contribution in [3.05, 3.63) is 24.2 Å². The Bertz CT molecular complexity index is 627. The van der Waals surface area contributed by atoms with Crippen molar-refractivity contribution in [2.75, 3.05) is 23.0 Å². The monoisotopic (exact) mass is 278 g/mol. The van der Waals surface area contributed by atoms with Gasteiger partial charge in [-0.15, -0.1) is 0 Å². The highest BCUT2D eigenvalue weighted by molar-refractivity contribution is 7.99. The molecule has 1 unspecified atom stereocenters. The van der Waals surface area contributed by atoms with Gasteiger partial charge >= 0.3 is 5.97 Å². The van der Waals surface area contributed by atoms with E-state index >= 15 is 0 Å². The van der Waals surface area contributed by atoms with E-state index < -0.39 is 12.0 Å². The van der Waals surface area contributed by atoms with Crippen LogP contribution in [0.4, 0.5) is 5.82 Å². The molecular weight excluding hydrogens is 264 g/mol. The summed E-state index contributed by atoms with van der Waals surface area (Å²) in [5.41, 5.74) is 1.76. The van der Waals surface area contributed by atoms with Gasteiger partial charge in [0.1, 0.15) is 11.6 Å². The van der Waals surface area contributed by atoms with Gasteiger partial charge in [0.15, 0.2) is 5.82 Å². The van der Waals surface area contributed by atoms with E-state index in [4.69, 9.17) is 0 Å². The Hall–Kier alpha value is -1.76. The number of rotatable bonds is 2. The molecule has 0 saturated carbocycles. The number of anilines is 1. The first-order chi connectivity index (χ1) is 9.16. The van der Waals surface area contributed by atoms with Crippen molar-refractivity contribution in [2.45, 2.75) is 13.0 Å². The lowest BCUT2D eigenvalue weighted by molar-refractivity contribution is -0.138. The Labute approximate surface area is 114 Å². The summed E-state index contributed by atoms with van der Waals surface area (Å²) < 4.78 is 1.75. The summed E-state index contributed by atoms with van der Waals surface area (Å²) in [7, 11) is 0. The number of aliphatic carboxylic acids is 1. The van der Waals surface area contributed by atoms with E-state index in [1.807, 2.05) is 17.9 Å². The second-order valence-electron chi connectivity index (χ2n) is 4.49. The summed E-state index contributed by atoms with van der Waals surface area (Å²) in [6, 6.07) is 1.41. The largest absolute Gasteiger partial charge is 0.480 e. The molecule has 19 heavy (non-hydrogen) atoms. The van der Waals surface area contributed by atoms with Crippen LogP contribution in [0.25, 0.3) is 5.52 Å². The Balaban J connectivity index is 2.09. The molecule has 2 aromatic rings. The number of carboxylic acids is 1. The van der Waals surface area contributed by atoms with Crippen molar-refractivity contribution >= 4 is 29.1 Å².